The van der Waals surface area contributed by atoms with E-state index in [4.69, 9.17) is 0 Å². The van der Waals surface area contributed by atoms with E-state index < -0.39 is 45.6 Å². The van der Waals surface area contributed by atoms with Gasteiger partial charge in [0.25, 0.3) is 5.91 Å². The lowest BCUT2D eigenvalue weighted by Gasteiger charge is -2.54. The lowest BCUT2D eigenvalue weighted by atomic mass is 9.80. The molecule has 5 rings (SSSR count). The Morgan fingerprint density at radius 3 is 2.64 bits per heavy atom. The standard InChI is InChI=1S/C27H26F3IN6O5/c28-18-6-5-17(24(23(18)30)33-20-7-4-16(31)13-19(20)29)25(39)35-14-27(40,15-35)21-3-1-2-10-36(21)22(38)8-11-34-12-9-32-26(34)37(41)42/h4-7,9,12-13,21,33,40H,1-3,8,10-11,14-15H2/t21-/m0/s1. The molecule has 2 N–H and O–H groups in total. The number of aryl methyl sites for hydroxylation is 1. The molecule has 15 heteroatoms. The summed E-state index contributed by atoms with van der Waals surface area (Å²) >= 11 is 1.90. The highest BCUT2D eigenvalue weighted by Gasteiger charge is 2.53. The Morgan fingerprint density at radius 1 is 1.17 bits per heavy atom. The van der Waals surface area contributed by atoms with Crippen LogP contribution in [0.2, 0.25) is 0 Å². The van der Waals surface area contributed by atoms with Crippen LogP contribution in [0.4, 0.5) is 30.5 Å². The van der Waals surface area contributed by atoms with E-state index in [1.54, 1.807) is 11.0 Å². The first-order valence-electron chi connectivity index (χ1n) is 13.2. The number of nitrogens with zero attached hydrogens (tertiary/aromatic N) is 5. The van der Waals surface area contributed by atoms with Crippen LogP contribution in [0.25, 0.3) is 0 Å². The molecule has 2 aliphatic rings. The number of benzene rings is 2. The van der Waals surface area contributed by atoms with Gasteiger partial charge in [0, 0.05) is 10.1 Å². The Hall–Kier alpha value is -3.73. The summed E-state index contributed by atoms with van der Waals surface area (Å²) < 4.78 is 45.3. The molecule has 2 fully saturated rings. The van der Waals surface area contributed by atoms with E-state index in [1.807, 2.05) is 22.6 Å². The van der Waals surface area contributed by atoms with Crippen molar-refractivity contribution in [1.82, 2.24) is 19.4 Å². The van der Waals surface area contributed by atoms with Gasteiger partial charge in [-0.3, -0.25) is 9.59 Å². The van der Waals surface area contributed by atoms with Crippen molar-refractivity contribution in [2.24, 2.45) is 0 Å². The number of aliphatic hydroxyl groups is 1. The maximum Gasteiger partial charge on any atom is 0.434 e. The Kier molecular flexibility index (Phi) is 8.41. The van der Waals surface area contributed by atoms with Crippen LogP contribution in [0.3, 0.4) is 0 Å². The number of halogens is 4. The molecule has 2 saturated heterocycles. The highest BCUT2D eigenvalue weighted by atomic mass is 127. The van der Waals surface area contributed by atoms with Crippen LogP contribution in [-0.4, -0.2) is 72.5 Å². The summed E-state index contributed by atoms with van der Waals surface area (Å²) in [5.74, 6) is -4.66. The van der Waals surface area contributed by atoms with E-state index in [-0.39, 0.29) is 49.2 Å². The van der Waals surface area contributed by atoms with E-state index in [0.717, 1.165) is 18.6 Å². The molecular formula is C27H26F3IN6O5. The largest absolute Gasteiger partial charge is 0.434 e. The molecule has 2 amide bonds. The summed E-state index contributed by atoms with van der Waals surface area (Å²) in [5, 5.41) is 25.1. The van der Waals surface area contributed by atoms with Gasteiger partial charge in [-0.2, -0.15) is 0 Å². The smallest absolute Gasteiger partial charge is 0.390 e. The van der Waals surface area contributed by atoms with E-state index in [2.05, 4.69) is 10.3 Å². The fraction of sp³-hybridized carbons (Fsp3) is 0.370. The zero-order valence-corrected chi connectivity index (χ0v) is 24.3. The minimum absolute atomic E-state index is 0.0362. The van der Waals surface area contributed by atoms with Crippen LogP contribution in [0.1, 0.15) is 36.0 Å². The number of nitro groups is 1. The Labute approximate surface area is 251 Å². The van der Waals surface area contributed by atoms with Crippen molar-refractivity contribution in [2.75, 3.05) is 25.0 Å². The van der Waals surface area contributed by atoms with Crippen LogP contribution in [0.15, 0.2) is 42.7 Å². The summed E-state index contributed by atoms with van der Waals surface area (Å²) in [4.78, 5) is 43.5. The minimum atomic E-state index is -1.44. The van der Waals surface area contributed by atoms with Crippen molar-refractivity contribution in [3.63, 3.8) is 0 Å². The van der Waals surface area contributed by atoms with E-state index in [1.165, 1.54) is 34.0 Å². The van der Waals surface area contributed by atoms with Gasteiger partial charge in [-0.1, -0.05) is 4.98 Å². The summed E-state index contributed by atoms with van der Waals surface area (Å²) in [6, 6.07) is 5.40. The maximum absolute atomic E-state index is 14.9. The Bertz CT molecular complexity index is 1550. The second-order valence-corrected chi connectivity index (χ2v) is 11.6. The molecule has 3 aromatic rings. The van der Waals surface area contributed by atoms with Crippen LogP contribution >= 0.6 is 22.6 Å². The second-order valence-electron chi connectivity index (χ2n) is 10.3. The third kappa shape index (κ3) is 5.79. The summed E-state index contributed by atoms with van der Waals surface area (Å²) in [5.41, 5.74) is -2.36. The summed E-state index contributed by atoms with van der Waals surface area (Å²) in [7, 11) is 0. The van der Waals surface area contributed by atoms with Crippen molar-refractivity contribution in [2.45, 2.75) is 43.9 Å². The Morgan fingerprint density at radius 2 is 1.93 bits per heavy atom. The fourth-order valence-corrected chi connectivity index (χ4v) is 5.97. The number of carbonyl (C=O) groups excluding carboxylic acids is 2. The van der Waals surface area contributed by atoms with Gasteiger partial charge in [-0.25, -0.2) is 17.7 Å². The molecule has 1 aromatic heterocycles. The molecule has 0 spiro atoms. The van der Waals surface area contributed by atoms with Gasteiger partial charge in [-0.15, -0.1) is 0 Å². The number of hydrogen-bond donors (Lipinski definition) is 2. The van der Waals surface area contributed by atoms with Gasteiger partial charge in [-0.05, 0) is 77.1 Å². The summed E-state index contributed by atoms with van der Waals surface area (Å²) in [6.45, 7) is 0.0896. The third-order valence-corrected chi connectivity index (χ3v) is 8.27. The van der Waals surface area contributed by atoms with E-state index in [0.29, 0.717) is 23.0 Å². The average Bonchev–Trinajstić information content (AvgIpc) is 3.43. The van der Waals surface area contributed by atoms with Crippen LogP contribution in [0, 0.1) is 31.1 Å². The predicted octanol–water partition coefficient (Wildman–Crippen LogP) is 4.22. The van der Waals surface area contributed by atoms with Crippen LogP contribution in [-0.2, 0) is 11.3 Å². The summed E-state index contributed by atoms with van der Waals surface area (Å²) in [6.07, 6.45) is 4.59. The van der Waals surface area contributed by atoms with Crippen molar-refractivity contribution < 1.29 is 32.8 Å². The zero-order valence-electron chi connectivity index (χ0n) is 22.1. The topological polar surface area (TPSA) is 134 Å². The van der Waals surface area contributed by atoms with Crippen molar-refractivity contribution >= 4 is 51.7 Å². The zero-order chi connectivity index (χ0) is 30.2. The minimum Gasteiger partial charge on any atom is -0.390 e. The molecule has 0 bridgehead atoms. The normalized spacial score (nSPS) is 18.0. The number of rotatable bonds is 8. The first-order valence-corrected chi connectivity index (χ1v) is 14.2. The monoisotopic (exact) mass is 698 g/mol. The molecule has 42 heavy (non-hydrogen) atoms. The molecule has 3 heterocycles. The number of nitrogens with one attached hydrogen (secondary N) is 1. The van der Waals surface area contributed by atoms with Crippen molar-refractivity contribution in [1.29, 1.82) is 0 Å². The first kappa shape index (κ1) is 29.8. The van der Waals surface area contributed by atoms with Gasteiger partial charge < -0.3 is 30.3 Å². The molecule has 11 nitrogen and oxygen atoms in total. The number of β-amino-alcohol motifs (C(OH)–C–C–N with tert-alkyl or cyclic N) is 1. The number of amides is 2. The number of anilines is 2. The maximum atomic E-state index is 14.9. The first-order chi connectivity index (χ1) is 20.0. The lowest BCUT2D eigenvalue weighted by molar-refractivity contribution is -0.396. The molecule has 1 atom stereocenters. The van der Waals surface area contributed by atoms with Gasteiger partial charge in [0.1, 0.15) is 23.8 Å². The molecule has 2 aliphatic heterocycles. The quantitative estimate of drug-likeness (QED) is 0.205. The molecule has 0 radical (unpaired) electrons. The highest BCUT2D eigenvalue weighted by Crippen LogP contribution is 2.37. The molecule has 222 valence electrons. The highest BCUT2D eigenvalue weighted by molar-refractivity contribution is 14.1. The number of likely N-dealkylation sites (tertiary alicyclic amines) is 2. The molecule has 0 aliphatic carbocycles. The van der Waals surface area contributed by atoms with Crippen LogP contribution < -0.4 is 5.32 Å². The third-order valence-electron chi connectivity index (χ3n) is 7.60. The SMILES string of the molecule is O=C(c1ccc(F)c(F)c1Nc1ccc(I)cc1F)N1CC(O)([C@@H]2CCCCN2C(=O)CCn2ccnc2[N+](=O)[O-])C1. The number of carbonyl (C=O) groups is 2. The second kappa shape index (κ2) is 11.9. The molecule has 0 saturated carbocycles. The van der Waals surface area contributed by atoms with Gasteiger partial charge in [0.05, 0.1) is 49.0 Å². The lowest BCUT2D eigenvalue weighted by Crippen LogP contribution is -2.73. The van der Waals surface area contributed by atoms with Crippen LogP contribution in [0.5, 0.6) is 0 Å². The van der Waals surface area contributed by atoms with Crippen molar-refractivity contribution in [3.8, 4) is 0 Å². The van der Waals surface area contributed by atoms with Gasteiger partial charge in [0.15, 0.2) is 11.6 Å². The molecular weight excluding hydrogens is 672 g/mol. The predicted molar refractivity (Wildman–Crippen MR) is 152 cm³/mol. The fourth-order valence-electron chi connectivity index (χ4n) is 5.51. The number of piperidine rings is 1. The number of imidazole rings is 1. The average molecular weight is 698 g/mol. The molecule has 0 unspecified atom stereocenters. The number of hydrogen-bond acceptors (Lipinski definition) is 7. The number of aromatic nitrogens is 2. The van der Waals surface area contributed by atoms with E-state index in [9.17, 15) is 38.0 Å². The van der Waals surface area contributed by atoms with E-state index >= 15 is 0 Å². The van der Waals surface area contributed by atoms with Gasteiger partial charge >= 0.3 is 5.95 Å². The van der Waals surface area contributed by atoms with Gasteiger partial charge in [0.2, 0.25) is 5.91 Å². The van der Waals surface area contributed by atoms with Crippen molar-refractivity contribution in [3.05, 3.63) is 79.4 Å². The molecule has 2 aromatic carbocycles. The Balaban J connectivity index is 1.29.